The lowest BCUT2D eigenvalue weighted by Gasteiger charge is -2.18. The van der Waals surface area contributed by atoms with Crippen LogP contribution in [0.2, 0.25) is 0 Å². The van der Waals surface area contributed by atoms with Crippen molar-refractivity contribution < 1.29 is 14.4 Å². The van der Waals surface area contributed by atoms with E-state index in [1.54, 1.807) is 19.4 Å². The predicted molar refractivity (Wildman–Crippen MR) is 110 cm³/mol. The van der Waals surface area contributed by atoms with E-state index in [-0.39, 0.29) is 17.9 Å². The first-order valence-electron chi connectivity index (χ1n) is 9.75. The fourth-order valence-corrected chi connectivity index (χ4v) is 3.76. The molecular weight excluding hydrogens is 368 g/mol. The number of carbonyl (C=O) groups excluding carboxylic acids is 1. The second-order valence-corrected chi connectivity index (χ2v) is 7.06. The number of benzene rings is 1. The molecular formula is C22H24N4O3. The van der Waals surface area contributed by atoms with E-state index in [2.05, 4.69) is 28.4 Å². The molecule has 7 nitrogen and oxygen atoms in total. The van der Waals surface area contributed by atoms with E-state index in [0.717, 1.165) is 29.9 Å². The fraction of sp³-hybridized carbons (Fsp3) is 0.318. The van der Waals surface area contributed by atoms with E-state index in [4.69, 9.17) is 9.57 Å². The lowest BCUT2D eigenvalue weighted by Crippen LogP contribution is -2.35. The first kappa shape index (κ1) is 19.0. The summed E-state index contributed by atoms with van der Waals surface area (Å²) in [5, 5.41) is 7.24. The maximum atomic E-state index is 12.7. The first-order chi connectivity index (χ1) is 14.2. The van der Waals surface area contributed by atoms with Crippen LogP contribution in [0.5, 0.6) is 5.75 Å². The molecule has 0 radical (unpaired) electrons. The maximum absolute atomic E-state index is 12.7. The molecule has 150 valence electrons. The number of amides is 1. The van der Waals surface area contributed by atoms with Crippen LogP contribution in [0.15, 0.2) is 60.1 Å². The van der Waals surface area contributed by atoms with Gasteiger partial charge < -0.3 is 19.3 Å². The third-order valence-electron chi connectivity index (χ3n) is 5.29. The molecule has 1 amide bonds. The van der Waals surface area contributed by atoms with Crippen LogP contribution in [0, 0.1) is 5.92 Å². The molecule has 0 spiro atoms. The number of hydrogen-bond acceptors (Lipinski definition) is 5. The molecule has 3 aromatic rings. The molecule has 7 heteroatoms. The average molecular weight is 392 g/mol. The Bertz CT molecular complexity index is 1040. The number of fused-ring (bicyclic) bond motifs is 1. The number of aromatic nitrogens is 2. The number of carbonyl (C=O) groups is 1. The highest BCUT2D eigenvalue weighted by Crippen LogP contribution is 2.26. The molecule has 0 fully saturated rings. The molecule has 4 rings (SSSR count). The molecule has 3 heterocycles. The Morgan fingerprint density at radius 2 is 2.17 bits per heavy atom. The van der Waals surface area contributed by atoms with Crippen molar-refractivity contribution in [3.8, 4) is 5.75 Å². The van der Waals surface area contributed by atoms with Crippen LogP contribution in [0.4, 0.5) is 0 Å². The number of pyridine rings is 1. The monoisotopic (exact) mass is 392 g/mol. The number of methoxy groups -OCH3 is 1. The Labute approximate surface area is 169 Å². The van der Waals surface area contributed by atoms with Crippen molar-refractivity contribution in [1.29, 1.82) is 0 Å². The normalized spacial score (nSPS) is 18.3. The van der Waals surface area contributed by atoms with Crippen molar-refractivity contribution >= 4 is 17.3 Å². The number of hydrogen-bond donors (Lipinski definition) is 1. The molecule has 2 atom stereocenters. The number of nitrogens with zero attached hydrogens (tertiary/aromatic N) is 3. The van der Waals surface area contributed by atoms with Gasteiger partial charge in [0.25, 0.3) is 5.91 Å². The van der Waals surface area contributed by atoms with Crippen molar-refractivity contribution in [1.82, 2.24) is 14.7 Å². The van der Waals surface area contributed by atoms with Crippen molar-refractivity contribution in [3.63, 3.8) is 0 Å². The molecule has 1 aliphatic rings. The van der Waals surface area contributed by atoms with Gasteiger partial charge in [-0.3, -0.25) is 4.79 Å². The van der Waals surface area contributed by atoms with Crippen molar-refractivity contribution in [2.24, 2.45) is 11.1 Å². The van der Waals surface area contributed by atoms with Crippen LogP contribution < -0.4 is 10.1 Å². The van der Waals surface area contributed by atoms with E-state index in [1.165, 1.54) is 0 Å². The zero-order chi connectivity index (χ0) is 20.2. The molecule has 0 aliphatic carbocycles. The Morgan fingerprint density at radius 3 is 3.00 bits per heavy atom. The lowest BCUT2D eigenvalue weighted by atomic mass is 9.90. The largest absolute Gasteiger partial charge is 0.497 e. The van der Waals surface area contributed by atoms with E-state index < -0.39 is 0 Å². The van der Waals surface area contributed by atoms with E-state index in [0.29, 0.717) is 17.8 Å². The lowest BCUT2D eigenvalue weighted by molar-refractivity contribution is 0.0613. The third kappa shape index (κ3) is 3.94. The van der Waals surface area contributed by atoms with Gasteiger partial charge in [0.1, 0.15) is 17.5 Å². The second-order valence-electron chi connectivity index (χ2n) is 7.06. The number of rotatable bonds is 7. The summed E-state index contributed by atoms with van der Waals surface area (Å²) in [6, 6.07) is 11.6. The van der Waals surface area contributed by atoms with E-state index in [1.807, 2.05) is 41.1 Å². The minimum absolute atomic E-state index is 0.0465. The van der Waals surface area contributed by atoms with Crippen LogP contribution in [0.1, 0.15) is 29.3 Å². The van der Waals surface area contributed by atoms with Crippen LogP contribution in [-0.2, 0) is 11.3 Å². The zero-order valence-corrected chi connectivity index (χ0v) is 16.5. The molecule has 1 N–H and O–H groups in total. The standard InChI is InChI=1S/C22H24N4O3/c1-3-17-19(25-29-20(17)13-15-6-4-7-16(12-15)28-2)14-24-22(27)18-8-5-10-26-11-9-23-21(18)26/h4-12,17,20H,3,13-14H2,1-2H3,(H,24,27). The third-order valence-corrected chi connectivity index (χ3v) is 5.29. The molecule has 0 saturated heterocycles. The van der Waals surface area contributed by atoms with Gasteiger partial charge in [0, 0.05) is 30.9 Å². The summed E-state index contributed by atoms with van der Waals surface area (Å²) in [5.74, 6) is 0.814. The van der Waals surface area contributed by atoms with Gasteiger partial charge >= 0.3 is 0 Å². The number of oxime groups is 1. The second kappa shape index (κ2) is 8.34. The average Bonchev–Trinajstić information content (AvgIpc) is 3.38. The van der Waals surface area contributed by atoms with Crippen LogP contribution in [-0.4, -0.2) is 40.8 Å². The Morgan fingerprint density at radius 1 is 1.28 bits per heavy atom. The molecule has 0 bridgehead atoms. The molecule has 1 aromatic carbocycles. The summed E-state index contributed by atoms with van der Waals surface area (Å²) >= 11 is 0. The van der Waals surface area contributed by atoms with Crippen LogP contribution >= 0.6 is 0 Å². The van der Waals surface area contributed by atoms with E-state index in [9.17, 15) is 4.79 Å². The first-order valence-corrected chi connectivity index (χ1v) is 9.75. The highest BCUT2D eigenvalue weighted by molar-refractivity contribution is 6.02. The highest BCUT2D eigenvalue weighted by Gasteiger charge is 2.33. The van der Waals surface area contributed by atoms with Crippen LogP contribution in [0.3, 0.4) is 0 Å². The van der Waals surface area contributed by atoms with Crippen LogP contribution in [0.25, 0.3) is 5.65 Å². The quantitative estimate of drug-likeness (QED) is 0.670. The summed E-state index contributed by atoms with van der Waals surface area (Å²) in [6.45, 7) is 2.47. The van der Waals surface area contributed by atoms with Gasteiger partial charge in [-0.2, -0.15) is 0 Å². The number of nitrogens with one attached hydrogen (secondary N) is 1. The van der Waals surface area contributed by atoms with E-state index >= 15 is 0 Å². The number of imidazole rings is 1. The Hall–Kier alpha value is -3.35. The van der Waals surface area contributed by atoms with Gasteiger partial charge in [-0.1, -0.05) is 24.2 Å². The van der Waals surface area contributed by atoms with Crippen molar-refractivity contribution in [2.45, 2.75) is 25.9 Å². The summed E-state index contributed by atoms with van der Waals surface area (Å²) in [6.07, 6.45) is 6.94. The smallest absolute Gasteiger partial charge is 0.255 e. The molecule has 2 aromatic heterocycles. The molecule has 2 unspecified atom stereocenters. The maximum Gasteiger partial charge on any atom is 0.255 e. The molecule has 0 saturated carbocycles. The minimum atomic E-state index is -0.171. The molecule has 29 heavy (non-hydrogen) atoms. The summed E-state index contributed by atoms with van der Waals surface area (Å²) in [7, 11) is 1.66. The summed E-state index contributed by atoms with van der Waals surface area (Å²) in [5.41, 5.74) is 3.18. The fourth-order valence-electron chi connectivity index (χ4n) is 3.76. The summed E-state index contributed by atoms with van der Waals surface area (Å²) < 4.78 is 7.13. The SMILES string of the molecule is CCC1C(CNC(=O)c2cccn3ccnc23)=NOC1Cc1cccc(OC)c1. The zero-order valence-electron chi connectivity index (χ0n) is 16.5. The van der Waals surface area contributed by atoms with Crippen molar-refractivity contribution in [2.75, 3.05) is 13.7 Å². The Kier molecular flexibility index (Phi) is 5.46. The Balaban J connectivity index is 1.40. The highest BCUT2D eigenvalue weighted by atomic mass is 16.6. The predicted octanol–water partition coefficient (Wildman–Crippen LogP) is 3.10. The van der Waals surface area contributed by atoms with Gasteiger partial charge in [-0.15, -0.1) is 0 Å². The van der Waals surface area contributed by atoms with Gasteiger partial charge in [0.05, 0.1) is 24.9 Å². The van der Waals surface area contributed by atoms with Gasteiger partial charge in [0.2, 0.25) is 0 Å². The molecule has 1 aliphatic heterocycles. The summed E-state index contributed by atoms with van der Waals surface area (Å²) in [4.78, 5) is 22.7. The van der Waals surface area contributed by atoms with Gasteiger partial charge in [-0.25, -0.2) is 4.98 Å². The van der Waals surface area contributed by atoms with Gasteiger partial charge in [-0.05, 0) is 36.2 Å². The minimum Gasteiger partial charge on any atom is -0.497 e. The number of ether oxygens (including phenoxy) is 1. The van der Waals surface area contributed by atoms with Gasteiger partial charge in [0.15, 0.2) is 0 Å². The van der Waals surface area contributed by atoms with Crippen molar-refractivity contribution in [3.05, 3.63) is 66.1 Å². The topological polar surface area (TPSA) is 77.2 Å².